The van der Waals surface area contributed by atoms with Crippen molar-refractivity contribution in [2.24, 2.45) is 5.73 Å². The number of nitrogens with zero attached hydrogens (tertiary/aromatic N) is 3. The smallest absolute Gasteiger partial charge is 0.355 e. The summed E-state index contributed by atoms with van der Waals surface area (Å²) in [5, 5.41) is 2.55. The molecular weight excluding hydrogens is 578 g/mol. The van der Waals surface area contributed by atoms with Crippen LogP contribution in [0.5, 0.6) is 0 Å². The molecular formula is C33H35N5O5S. The first-order valence-corrected chi connectivity index (χ1v) is 16.2. The van der Waals surface area contributed by atoms with Crippen LogP contribution in [0, 0.1) is 0 Å². The van der Waals surface area contributed by atoms with Crippen LogP contribution in [0.25, 0.3) is 21.8 Å². The number of morpholine rings is 1. The number of carbonyl (C=O) groups excluding carboxylic acids is 1. The number of anilines is 1. The molecule has 0 amide bonds. The van der Waals surface area contributed by atoms with Gasteiger partial charge in [-0.15, -0.1) is 0 Å². The Bertz CT molecular complexity index is 1910. The van der Waals surface area contributed by atoms with Crippen molar-refractivity contribution < 1.29 is 22.7 Å². The van der Waals surface area contributed by atoms with Crippen LogP contribution in [0.3, 0.4) is 0 Å². The second-order valence-corrected chi connectivity index (χ2v) is 12.8. The first-order valence-electron chi connectivity index (χ1n) is 14.5. The second-order valence-electron chi connectivity index (χ2n) is 11.1. The van der Waals surface area contributed by atoms with E-state index in [1.807, 2.05) is 78.3 Å². The van der Waals surface area contributed by atoms with E-state index in [1.54, 1.807) is 18.2 Å². The monoisotopic (exact) mass is 613 g/mol. The number of fused-ring (bicyclic) bond motifs is 2. The molecule has 2 aromatic heterocycles. The summed E-state index contributed by atoms with van der Waals surface area (Å²) in [4.78, 5) is 20.4. The van der Waals surface area contributed by atoms with Crippen molar-refractivity contribution in [2.45, 2.75) is 24.9 Å². The minimum absolute atomic E-state index is 0.133. The highest BCUT2D eigenvalue weighted by Crippen LogP contribution is 2.29. The largest absolute Gasteiger partial charge is 0.458 e. The van der Waals surface area contributed by atoms with Crippen LogP contribution in [0.4, 0.5) is 5.69 Å². The third-order valence-corrected chi connectivity index (χ3v) is 8.97. The van der Waals surface area contributed by atoms with Crippen LogP contribution in [-0.2, 0) is 38.3 Å². The van der Waals surface area contributed by atoms with Crippen molar-refractivity contribution in [2.75, 3.05) is 38.1 Å². The first kappa shape index (κ1) is 29.8. The Morgan fingerprint density at radius 2 is 1.84 bits per heavy atom. The van der Waals surface area contributed by atoms with Gasteiger partial charge in [-0.25, -0.2) is 18.2 Å². The van der Waals surface area contributed by atoms with Gasteiger partial charge < -0.3 is 24.7 Å². The molecule has 1 aliphatic heterocycles. The predicted octanol–water partition coefficient (Wildman–Crippen LogP) is 4.13. The van der Waals surface area contributed by atoms with Crippen LogP contribution in [0.1, 0.15) is 27.3 Å². The van der Waals surface area contributed by atoms with Crippen LogP contribution in [0.15, 0.2) is 84.9 Å². The molecule has 1 unspecified atom stereocenters. The highest BCUT2D eigenvalue weighted by Gasteiger charge is 2.24. The van der Waals surface area contributed by atoms with Gasteiger partial charge in [0.1, 0.15) is 24.1 Å². The molecule has 1 aliphatic rings. The molecule has 1 fully saturated rings. The van der Waals surface area contributed by atoms with Gasteiger partial charge in [-0.2, -0.15) is 0 Å². The highest BCUT2D eigenvalue weighted by atomic mass is 32.2. The molecule has 0 spiro atoms. The second kappa shape index (κ2) is 12.7. The molecule has 0 saturated carbocycles. The van der Waals surface area contributed by atoms with Crippen molar-refractivity contribution >= 4 is 43.5 Å². The quantitative estimate of drug-likeness (QED) is 0.225. The van der Waals surface area contributed by atoms with Crippen LogP contribution in [0.2, 0.25) is 0 Å². The number of hydrogen-bond donors (Lipinski definition) is 2. The van der Waals surface area contributed by atoms with Crippen molar-refractivity contribution in [1.29, 1.82) is 0 Å². The fourth-order valence-electron chi connectivity index (χ4n) is 5.58. The third kappa shape index (κ3) is 6.76. The summed E-state index contributed by atoms with van der Waals surface area (Å²) in [5.41, 5.74) is 9.46. The Hall–Kier alpha value is -4.29. The zero-order valence-corrected chi connectivity index (χ0v) is 25.3. The molecule has 0 radical (unpaired) electrons. The maximum atomic E-state index is 13.5. The van der Waals surface area contributed by atoms with Gasteiger partial charge in [-0.05, 0) is 59.3 Å². The summed E-state index contributed by atoms with van der Waals surface area (Å²) in [6.07, 6.45) is -0.206. The van der Waals surface area contributed by atoms with E-state index >= 15 is 0 Å². The van der Waals surface area contributed by atoms with Crippen LogP contribution >= 0.6 is 0 Å². The Morgan fingerprint density at radius 1 is 1.05 bits per heavy atom. The minimum atomic E-state index is -3.69. The Balaban J connectivity index is 1.35. The Kier molecular flexibility index (Phi) is 8.62. The van der Waals surface area contributed by atoms with E-state index in [4.69, 9.17) is 20.2 Å². The van der Waals surface area contributed by atoms with Crippen molar-refractivity contribution in [1.82, 2.24) is 14.5 Å². The van der Waals surface area contributed by atoms with Crippen molar-refractivity contribution in [3.05, 3.63) is 107 Å². The number of pyridine rings is 1. The molecule has 0 bridgehead atoms. The number of ether oxygens (including phenoxy) is 2. The zero-order valence-electron chi connectivity index (χ0n) is 24.5. The molecule has 5 aromatic rings. The third-order valence-electron chi connectivity index (χ3n) is 7.71. The highest BCUT2D eigenvalue weighted by molar-refractivity contribution is 7.91. The maximum Gasteiger partial charge on any atom is 0.355 e. The number of nitrogens with one attached hydrogen (secondary N) is 1. The molecule has 228 valence electrons. The number of esters is 1. The average Bonchev–Trinajstić information content (AvgIpc) is 3.37. The standard InChI is InChI=1S/C33H35N5O5S/c1-37-13-14-42-29(20-37)21-43-33(39)31-17-25-11-12-27(18-34)35-32(25)38(31)19-26-16-28(15-24-9-5-6-10-30(24)26)36-44(40,41)22-23-7-3-2-4-8-23/h2-12,15-17,29,36H,13-14,18-22,34H2,1H3. The van der Waals surface area contributed by atoms with Gasteiger partial charge in [0.2, 0.25) is 10.0 Å². The molecule has 1 atom stereocenters. The lowest BCUT2D eigenvalue weighted by Crippen LogP contribution is -2.42. The molecule has 0 aliphatic carbocycles. The van der Waals surface area contributed by atoms with Crippen molar-refractivity contribution in [3.8, 4) is 0 Å². The van der Waals surface area contributed by atoms with Crippen molar-refractivity contribution in [3.63, 3.8) is 0 Å². The summed E-state index contributed by atoms with van der Waals surface area (Å²) in [7, 11) is -1.68. The number of aromatic nitrogens is 2. The number of carbonyl (C=O) groups is 1. The van der Waals surface area contributed by atoms with E-state index in [-0.39, 0.29) is 31.6 Å². The van der Waals surface area contributed by atoms with Gasteiger partial charge >= 0.3 is 5.97 Å². The van der Waals surface area contributed by atoms with Gasteiger partial charge in [0.05, 0.1) is 24.6 Å². The summed E-state index contributed by atoms with van der Waals surface area (Å²) in [5.74, 6) is -0.640. The number of likely N-dealkylation sites (N-methyl/N-ethyl adjacent to an activating group) is 1. The van der Waals surface area contributed by atoms with Gasteiger partial charge in [-0.1, -0.05) is 54.6 Å². The van der Waals surface area contributed by atoms with E-state index in [2.05, 4.69) is 9.62 Å². The molecule has 44 heavy (non-hydrogen) atoms. The maximum absolute atomic E-state index is 13.5. The Morgan fingerprint density at radius 3 is 2.64 bits per heavy atom. The van der Waals surface area contributed by atoms with E-state index < -0.39 is 16.0 Å². The number of rotatable bonds is 10. The molecule has 10 nitrogen and oxygen atoms in total. The molecule has 6 rings (SSSR count). The molecule has 1 saturated heterocycles. The van der Waals surface area contributed by atoms with E-state index in [0.29, 0.717) is 41.4 Å². The first-order chi connectivity index (χ1) is 21.3. The number of benzene rings is 3. The lowest BCUT2D eigenvalue weighted by atomic mass is 10.0. The van der Waals surface area contributed by atoms with Gasteiger partial charge in [0.25, 0.3) is 0 Å². The Labute approximate surface area is 256 Å². The number of hydrogen-bond acceptors (Lipinski definition) is 8. The molecule has 11 heteroatoms. The van der Waals surface area contributed by atoms with E-state index in [9.17, 15) is 13.2 Å². The van der Waals surface area contributed by atoms with Crippen LogP contribution in [-0.4, -0.2) is 68.3 Å². The summed E-state index contributed by atoms with van der Waals surface area (Å²) < 4.78 is 42.4. The summed E-state index contributed by atoms with van der Waals surface area (Å²) >= 11 is 0. The van der Waals surface area contributed by atoms with Gasteiger partial charge in [0, 0.05) is 30.7 Å². The lowest BCUT2D eigenvalue weighted by molar-refractivity contribution is -0.0530. The van der Waals surface area contributed by atoms with E-state index in [0.717, 1.165) is 28.3 Å². The molecule has 3 aromatic carbocycles. The zero-order chi connectivity index (χ0) is 30.7. The SMILES string of the molecule is CN1CCOC(COC(=O)c2cc3ccc(CN)nc3n2Cc2cc(NS(=O)(=O)Cc3ccccc3)cc3ccccc23)C1. The molecule has 3 heterocycles. The number of sulfonamides is 1. The van der Waals surface area contributed by atoms with Gasteiger partial charge in [-0.3, -0.25) is 4.72 Å². The number of nitrogens with two attached hydrogens (primary N) is 1. The van der Waals surface area contributed by atoms with Crippen LogP contribution < -0.4 is 10.5 Å². The predicted molar refractivity (Wildman–Crippen MR) is 171 cm³/mol. The lowest BCUT2D eigenvalue weighted by Gasteiger charge is -2.29. The normalized spacial score (nSPS) is 15.9. The molecule has 3 N–H and O–H groups in total. The minimum Gasteiger partial charge on any atom is -0.458 e. The van der Waals surface area contributed by atoms with E-state index in [1.165, 1.54) is 0 Å². The topological polar surface area (TPSA) is 129 Å². The average molecular weight is 614 g/mol. The summed E-state index contributed by atoms with van der Waals surface area (Å²) in [6, 6.07) is 25.9. The fourth-order valence-corrected chi connectivity index (χ4v) is 6.76. The summed E-state index contributed by atoms with van der Waals surface area (Å²) in [6.45, 7) is 2.72. The fraction of sp³-hybridized carbons (Fsp3) is 0.273. The van der Waals surface area contributed by atoms with Gasteiger partial charge in [0.15, 0.2) is 0 Å².